The summed E-state index contributed by atoms with van der Waals surface area (Å²) in [5.41, 5.74) is 1.05. The summed E-state index contributed by atoms with van der Waals surface area (Å²) >= 11 is 5.75. The molecule has 0 radical (unpaired) electrons. The third-order valence-electron chi connectivity index (χ3n) is 2.85. The lowest BCUT2D eigenvalue weighted by atomic mass is 10.1. The van der Waals surface area contributed by atoms with Gasteiger partial charge in [-0.15, -0.1) is 0 Å². The summed E-state index contributed by atoms with van der Waals surface area (Å²) in [5.74, 6) is -0.503. The van der Waals surface area contributed by atoms with Crippen LogP contribution in [-0.2, 0) is 11.2 Å². The molecule has 0 atom stereocenters. The van der Waals surface area contributed by atoms with E-state index in [0.29, 0.717) is 18.8 Å². The van der Waals surface area contributed by atoms with Crippen LogP contribution in [0.25, 0.3) is 0 Å². The Labute approximate surface area is 132 Å². The quantitative estimate of drug-likeness (QED) is 0.653. The summed E-state index contributed by atoms with van der Waals surface area (Å²) in [4.78, 5) is 19.6. The van der Waals surface area contributed by atoms with Gasteiger partial charge in [0.15, 0.2) is 0 Å². The minimum Gasteiger partial charge on any atom is -0.462 e. The highest BCUT2D eigenvalue weighted by Gasteiger charge is 2.15. The van der Waals surface area contributed by atoms with Crippen LogP contribution in [0.2, 0.25) is 5.28 Å². The number of halogens is 2. The number of hydrogen-bond donors (Lipinski definition) is 1. The second-order valence-electron chi connectivity index (χ2n) is 4.43. The van der Waals surface area contributed by atoms with E-state index in [1.807, 2.05) is 6.07 Å². The Morgan fingerprint density at radius 2 is 2.27 bits per heavy atom. The first-order valence-electron chi connectivity index (χ1n) is 6.78. The normalized spacial score (nSPS) is 10.3. The molecule has 0 unspecified atom stereocenters. The molecule has 0 fully saturated rings. The molecule has 116 valence electrons. The van der Waals surface area contributed by atoms with Crippen molar-refractivity contribution in [1.82, 2.24) is 9.97 Å². The third-order valence-corrected chi connectivity index (χ3v) is 3.03. The van der Waals surface area contributed by atoms with Crippen LogP contribution in [0.4, 0.5) is 10.2 Å². The molecule has 0 bridgehead atoms. The number of rotatable bonds is 6. The van der Waals surface area contributed by atoms with Crippen LogP contribution in [0.3, 0.4) is 0 Å². The number of nitrogens with zero attached hydrogens (tertiary/aromatic N) is 2. The van der Waals surface area contributed by atoms with Crippen molar-refractivity contribution < 1.29 is 13.9 Å². The monoisotopic (exact) mass is 323 g/mol. The smallest absolute Gasteiger partial charge is 0.343 e. The summed E-state index contributed by atoms with van der Waals surface area (Å²) in [5, 5.41) is 3.03. The Kier molecular flexibility index (Phi) is 5.66. The van der Waals surface area contributed by atoms with Crippen molar-refractivity contribution in [2.45, 2.75) is 13.3 Å². The fourth-order valence-electron chi connectivity index (χ4n) is 1.87. The summed E-state index contributed by atoms with van der Waals surface area (Å²) in [6.45, 7) is 2.43. The molecule has 1 aromatic heterocycles. The maximum absolute atomic E-state index is 13.1. The van der Waals surface area contributed by atoms with E-state index in [-0.39, 0.29) is 23.3 Å². The Hall–Kier alpha value is -2.21. The number of ether oxygens (including phenoxy) is 1. The number of carbonyl (C=O) groups is 1. The Balaban J connectivity index is 2.05. The van der Waals surface area contributed by atoms with E-state index in [1.165, 1.54) is 18.3 Å². The minimum atomic E-state index is -0.521. The Morgan fingerprint density at radius 3 is 3.00 bits per heavy atom. The zero-order chi connectivity index (χ0) is 15.9. The summed E-state index contributed by atoms with van der Waals surface area (Å²) < 4.78 is 18.0. The van der Waals surface area contributed by atoms with Crippen LogP contribution in [0, 0.1) is 5.82 Å². The van der Waals surface area contributed by atoms with Crippen molar-refractivity contribution in [3.63, 3.8) is 0 Å². The topological polar surface area (TPSA) is 64.1 Å². The molecule has 7 heteroatoms. The molecule has 0 aliphatic carbocycles. The molecule has 2 rings (SSSR count). The van der Waals surface area contributed by atoms with Crippen molar-refractivity contribution in [1.29, 1.82) is 0 Å². The van der Waals surface area contributed by atoms with Crippen LogP contribution in [0.15, 0.2) is 30.5 Å². The van der Waals surface area contributed by atoms with Gasteiger partial charge in [0, 0.05) is 12.7 Å². The first-order valence-corrected chi connectivity index (χ1v) is 7.16. The summed E-state index contributed by atoms with van der Waals surface area (Å²) in [6, 6.07) is 6.32. The molecule has 5 nitrogen and oxygen atoms in total. The van der Waals surface area contributed by atoms with Gasteiger partial charge in [-0.2, -0.15) is 4.98 Å². The second kappa shape index (κ2) is 7.70. The number of benzene rings is 1. The molecule has 2 aromatic rings. The lowest BCUT2D eigenvalue weighted by molar-refractivity contribution is 0.0526. The van der Waals surface area contributed by atoms with Crippen molar-refractivity contribution >= 4 is 23.4 Å². The number of anilines is 1. The molecule has 1 heterocycles. The molecule has 0 aliphatic heterocycles. The number of esters is 1. The molecule has 0 amide bonds. The van der Waals surface area contributed by atoms with Crippen LogP contribution < -0.4 is 5.32 Å². The number of nitrogens with one attached hydrogen (secondary N) is 1. The Morgan fingerprint density at radius 1 is 1.45 bits per heavy atom. The zero-order valence-corrected chi connectivity index (χ0v) is 12.7. The Bertz CT molecular complexity index is 667. The SMILES string of the molecule is CCOC(=O)c1cnc(Cl)nc1NCCc1cccc(F)c1. The number of hydrogen-bond acceptors (Lipinski definition) is 5. The average Bonchev–Trinajstić information content (AvgIpc) is 2.47. The van der Waals surface area contributed by atoms with E-state index >= 15 is 0 Å². The zero-order valence-electron chi connectivity index (χ0n) is 12.0. The maximum atomic E-state index is 13.1. The molecule has 0 aliphatic rings. The van der Waals surface area contributed by atoms with E-state index < -0.39 is 5.97 Å². The highest BCUT2D eigenvalue weighted by atomic mass is 35.5. The predicted molar refractivity (Wildman–Crippen MR) is 81.6 cm³/mol. The largest absolute Gasteiger partial charge is 0.462 e. The molecule has 0 saturated carbocycles. The van der Waals surface area contributed by atoms with Gasteiger partial charge in [0.1, 0.15) is 17.2 Å². The van der Waals surface area contributed by atoms with Gasteiger partial charge < -0.3 is 10.1 Å². The van der Waals surface area contributed by atoms with Gasteiger partial charge >= 0.3 is 5.97 Å². The lowest BCUT2D eigenvalue weighted by Crippen LogP contribution is -2.14. The standard InChI is InChI=1S/C15H15ClFN3O2/c1-2-22-14(21)12-9-19-15(16)20-13(12)18-7-6-10-4-3-5-11(17)8-10/h3-5,8-9H,2,6-7H2,1H3,(H,18,19,20). The third kappa shape index (κ3) is 4.39. The minimum absolute atomic E-state index is 0.0290. The van der Waals surface area contributed by atoms with Gasteiger partial charge in [0.25, 0.3) is 0 Å². The first-order chi connectivity index (χ1) is 10.6. The van der Waals surface area contributed by atoms with Gasteiger partial charge in [-0.25, -0.2) is 14.2 Å². The number of carbonyl (C=O) groups excluding carboxylic acids is 1. The van der Waals surface area contributed by atoms with Gasteiger partial charge in [0.2, 0.25) is 5.28 Å². The molecule has 1 N–H and O–H groups in total. The van der Waals surface area contributed by atoms with E-state index in [1.54, 1.807) is 13.0 Å². The summed E-state index contributed by atoms with van der Waals surface area (Å²) in [6.07, 6.45) is 1.89. The van der Waals surface area contributed by atoms with Crippen LogP contribution >= 0.6 is 11.6 Å². The van der Waals surface area contributed by atoms with Gasteiger partial charge in [-0.3, -0.25) is 0 Å². The molecule has 0 saturated heterocycles. The highest BCUT2D eigenvalue weighted by molar-refractivity contribution is 6.28. The number of aromatic nitrogens is 2. The highest BCUT2D eigenvalue weighted by Crippen LogP contribution is 2.15. The predicted octanol–water partition coefficient (Wildman–Crippen LogP) is 3.10. The van der Waals surface area contributed by atoms with Gasteiger partial charge in [-0.1, -0.05) is 12.1 Å². The fourth-order valence-corrected chi connectivity index (χ4v) is 2.00. The van der Waals surface area contributed by atoms with Crippen molar-refractivity contribution in [3.05, 3.63) is 52.7 Å². The van der Waals surface area contributed by atoms with Crippen LogP contribution in [0.1, 0.15) is 22.8 Å². The molecular formula is C15H15ClFN3O2. The van der Waals surface area contributed by atoms with Gasteiger partial charge in [0.05, 0.1) is 6.61 Å². The molecule has 0 spiro atoms. The molecular weight excluding hydrogens is 309 g/mol. The van der Waals surface area contributed by atoms with Crippen molar-refractivity contribution in [2.24, 2.45) is 0 Å². The van der Waals surface area contributed by atoms with Crippen molar-refractivity contribution in [3.8, 4) is 0 Å². The van der Waals surface area contributed by atoms with E-state index in [9.17, 15) is 9.18 Å². The first kappa shape index (κ1) is 16.2. The van der Waals surface area contributed by atoms with Crippen molar-refractivity contribution in [2.75, 3.05) is 18.5 Å². The van der Waals surface area contributed by atoms with Gasteiger partial charge in [-0.05, 0) is 42.6 Å². The average molecular weight is 324 g/mol. The van der Waals surface area contributed by atoms with E-state index in [4.69, 9.17) is 16.3 Å². The van der Waals surface area contributed by atoms with Crippen LogP contribution in [0.5, 0.6) is 0 Å². The van der Waals surface area contributed by atoms with E-state index in [2.05, 4.69) is 15.3 Å². The molecule has 22 heavy (non-hydrogen) atoms. The second-order valence-corrected chi connectivity index (χ2v) is 4.77. The fraction of sp³-hybridized carbons (Fsp3) is 0.267. The maximum Gasteiger partial charge on any atom is 0.343 e. The summed E-state index contributed by atoms with van der Waals surface area (Å²) in [7, 11) is 0. The van der Waals surface area contributed by atoms with E-state index in [0.717, 1.165) is 5.56 Å². The molecule has 1 aromatic carbocycles. The lowest BCUT2D eigenvalue weighted by Gasteiger charge is -2.10. The van der Waals surface area contributed by atoms with Crippen LogP contribution in [-0.4, -0.2) is 29.1 Å².